The van der Waals surface area contributed by atoms with E-state index in [4.69, 9.17) is 10.5 Å². The molecule has 1 aliphatic rings. The number of methoxy groups -OCH3 is 1. The summed E-state index contributed by atoms with van der Waals surface area (Å²) in [4.78, 5) is 5.43. The molecule has 0 saturated heterocycles. The van der Waals surface area contributed by atoms with Crippen molar-refractivity contribution >= 4 is 11.3 Å². The van der Waals surface area contributed by atoms with Crippen molar-refractivity contribution in [3.63, 3.8) is 0 Å². The summed E-state index contributed by atoms with van der Waals surface area (Å²) in [5.41, 5.74) is 6.00. The van der Waals surface area contributed by atoms with Gasteiger partial charge in [-0.2, -0.15) is 0 Å². The summed E-state index contributed by atoms with van der Waals surface area (Å²) in [5.74, 6) is 0.515. The van der Waals surface area contributed by atoms with E-state index in [2.05, 4.69) is 4.98 Å². The van der Waals surface area contributed by atoms with Crippen LogP contribution in [0, 0.1) is 0 Å². The Bertz CT molecular complexity index is 287. The fourth-order valence-electron chi connectivity index (χ4n) is 1.88. The molecule has 13 heavy (non-hydrogen) atoms. The normalized spacial score (nSPS) is 27.8. The topological polar surface area (TPSA) is 48.1 Å². The van der Waals surface area contributed by atoms with Gasteiger partial charge in [-0.25, -0.2) is 4.98 Å². The van der Waals surface area contributed by atoms with Crippen molar-refractivity contribution in [2.75, 3.05) is 7.11 Å². The van der Waals surface area contributed by atoms with Crippen molar-refractivity contribution in [1.82, 2.24) is 4.98 Å². The Morgan fingerprint density at radius 1 is 1.62 bits per heavy atom. The minimum absolute atomic E-state index is 0.324. The molecule has 2 rings (SSSR count). The van der Waals surface area contributed by atoms with Gasteiger partial charge in [-0.15, -0.1) is 0 Å². The zero-order valence-electron chi connectivity index (χ0n) is 7.69. The highest BCUT2D eigenvalue weighted by molar-refractivity contribution is 7.13. The van der Waals surface area contributed by atoms with Crippen LogP contribution in [0.15, 0.2) is 6.20 Å². The van der Waals surface area contributed by atoms with E-state index in [1.165, 1.54) is 17.7 Å². The number of aromatic nitrogens is 1. The average Bonchev–Trinajstić information content (AvgIpc) is 2.71. The maximum absolute atomic E-state index is 6.00. The molecule has 2 unspecified atom stereocenters. The molecular weight excluding hydrogens is 184 g/mol. The molecule has 1 saturated carbocycles. The van der Waals surface area contributed by atoms with E-state index in [0.717, 1.165) is 11.6 Å². The van der Waals surface area contributed by atoms with Gasteiger partial charge < -0.3 is 10.5 Å². The van der Waals surface area contributed by atoms with Crippen molar-refractivity contribution in [3.8, 4) is 5.19 Å². The van der Waals surface area contributed by atoms with E-state index < -0.39 is 0 Å². The predicted octanol–water partition coefficient (Wildman–Crippen LogP) is 1.75. The fourth-order valence-corrected chi connectivity index (χ4v) is 2.82. The van der Waals surface area contributed by atoms with Crippen LogP contribution in [0.1, 0.15) is 30.1 Å². The van der Waals surface area contributed by atoms with Crippen LogP contribution in [0.25, 0.3) is 0 Å². The highest BCUT2D eigenvalue weighted by Gasteiger charge is 2.27. The second kappa shape index (κ2) is 3.64. The SMILES string of the molecule is COc1ncc(C2CCCC2N)s1. The third kappa shape index (κ3) is 1.69. The molecule has 0 bridgehead atoms. The molecule has 1 aromatic heterocycles. The van der Waals surface area contributed by atoms with E-state index in [0.29, 0.717) is 12.0 Å². The fraction of sp³-hybridized carbons (Fsp3) is 0.667. The van der Waals surface area contributed by atoms with Gasteiger partial charge in [0, 0.05) is 23.0 Å². The van der Waals surface area contributed by atoms with Crippen LogP contribution < -0.4 is 10.5 Å². The maximum Gasteiger partial charge on any atom is 0.273 e. The van der Waals surface area contributed by atoms with Crippen LogP contribution in [-0.2, 0) is 0 Å². The molecule has 0 aromatic carbocycles. The molecule has 1 fully saturated rings. The van der Waals surface area contributed by atoms with Crippen LogP contribution in [-0.4, -0.2) is 18.1 Å². The maximum atomic E-state index is 6.00. The monoisotopic (exact) mass is 198 g/mol. The third-order valence-electron chi connectivity index (χ3n) is 2.61. The van der Waals surface area contributed by atoms with Gasteiger partial charge in [-0.3, -0.25) is 0 Å². The average molecular weight is 198 g/mol. The molecule has 4 heteroatoms. The smallest absolute Gasteiger partial charge is 0.273 e. The summed E-state index contributed by atoms with van der Waals surface area (Å²) < 4.78 is 5.06. The third-order valence-corrected chi connectivity index (χ3v) is 3.70. The van der Waals surface area contributed by atoms with Gasteiger partial charge in [0.1, 0.15) is 0 Å². The van der Waals surface area contributed by atoms with Crippen molar-refractivity contribution in [3.05, 3.63) is 11.1 Å². The first-order chi connectivity index (χ1) is 6.31. The molecule has 1 aliphatic carbocycles. The lowest BCUT2D eigenvalue weighted by molar-refractivity contribution is 0.412. The van der Waals surface area contributed by atoms with Gasteiger partial charge in [0.15, 0.2) is 0 Å². The van der Waals surface area contributed by atoms with Crippen LogP contribution >= 0.6 is 11.3 Å². The van der Waals surface area contributed by atoms with E-state index in [-0.39, 0.29) is 0 Å². The predicted molar refractivity (Wildman–Crippen MR) is 53.2 cm³/mol. The van der Waals surface area contributed by atoms with Gasteiger partial charge >= 0.3 is 0 Å². The first-order valence-corrected chi connectivity index (χ1v) is 5.38. The molecule has 1 aromatic rings. The molecule has 0 amide bonds. The van der Waals surface area contributed by atoms with E-state index in [1.54, 1.807) is 18.4 Å². The van der Waals surface area contributed by atoms with Crippen molar-refractivity contribution < 1.29 is 4.74 Å². The molecule has 2 N–H and O–H groups in total. The first-order valence-electron chi connectivity index (χ1n) is 4.56. The van der Waals surface area contributed by atoms with E-state index in [1.807, 2.05) is 6.20 Å². The Morgan fingerprint density at radius 2 is 2.46 bits per heavy atom. The zero-order chi connectivity index (χ0) is 9.26. The quantitative estimate of drug-likeness (QED) is 0.787. The van der Waals surface area contributed by atoms with Crippen LogP contribution in [0.2, 0.25) is 0 Å². The van der Waals surface area contributed by atoms with Gasteiger partial charge in [0.25, 0.3) is 5.19 Å². The van der Waals surface area contributed by atoms with Gasteiger partial charge in [-0.05, 0) is 12.8 Å². The lowest BCUT2D eigenvalue weighted by Gasteiger charge is -2.11. The van der Waals surface area contributed by atoms with E-state index >= 15 is 0 Å². The van der Waals surface area contributed by atoms with Gasteiger partial charge in [0.05, 0.1) is 7.11 Å². The summed E-state index contributed by atoms with van der Waals surface area (Å²) in [7, 11) is 1.65. The van der Waals surface area contributed by atoms with Crippen molar-refractivity contribution in [2.24, 2.45) is 5.73 Å². The Morgan fingerprint density at radius 3 is 3.00 bits per heavy atom. The number of nitrogens with zero attached hydrogens (tertiary/aromatic N) is 1. The van der Waals surface area contributed by atoms with Gasteiger partial charge in [-0.1, -0.05) is 17.8 Å². The summed E-state index contributed by atoms with van der Waals surface area (Å²) in [6, 6.07) is 0.324. The number of nitrogens with two attached hydrogens (primary N) is 1. The lowest BCUT2D eigenvalue weighted by Crippen LogP contribution is -2.21. The summed E-state index contributed by atoms with van der Waals surface area (Å²) in [6.45, 7) is 0. The summed E-state index contributed by atoms with van der Waals surface area (Å²) in [5, 5.41) is 0.745. The first kappa shape index (κ1) is 8.97. The molecule has 0 spiro atoms. The Hall–Kier alpha value is -0.610. The number of hydrogen-bond acceptors (Lipinski definition) is 4. The van der Waals surface area contributed by atoms with Crippen LogP contribution in [0.5, 0.6) is 5.19 Å². The summed E-state index contributed by atoms with van der Waals surface area (Å²) >= 11 is 1.62. The van der Waals surface area contributed by atoms with Crippen molar-refractivity contribution in [1.29, 1.82) is 0 Å². The molecule has 0 radical (unpaired) electrons. The van der Waals surface area contributed by atoms with Crippen LogP contribution in [0.3, 0.4) is 0 Å². The zero-order valence-corrected chi connectivity index (χ0v) is 8.51. The Balaban J connectivity index is 2.15. The second-order valence-corrected chi connectivity index (χ2v) is 4.46. The minimum atomic E-state index is 0.324. The summed E-state index contributed by atoms with van der Waals surface area (Å²) in [6.07, 6.45) is 5.49. The Kier molecular flexibility index (Phi) is 2.51. The molecular formula is C9H14N2OS. The lowest BCUT2D eigenvalue weighted by atomic mass is 10.0. The number of hydrogen-bond donors (Lipinski definition) is 1. The highest BCUT2D eigenvalue weighted by Crippen LogP contribution is 2.37. The number of thiazole rings is 1. The molecule has 1 heterocycles. The Labute approximate surface area is 81.9 Å². The number of rotatable bonds is 2. The standard InChI is InChI=1S/C9H14N2OS/c1-12-9-11-5-8(13-9)6-3-2-4-7(6)10/h5-7H,2-4,10H2,1H3. The largest absolute Gasteiger partial charge is 0.473 e. The van der Waals surface area contributed by atoms with Crippen molar-refractivity contribution in [2.45, 2.75) is 31.2 Å². The molecule has 2 atom stereocenters. The minimum Gasteiger partial charge on any atom is -0.473 e. The molecule has 3 nitrogen and oxygen atoms in total. The second-order valence-electron chi connectivity index (χ2n) is 3.43. The molecule has 72 valence electrons. The highest BCUT2D eigenvalue weighted by atomic mass is 32.1. The number of ether oxygens (including phenoxy) is 1. The van der Waals surface area contributed by atoms with Crippen LogP contribution in [0.4, 0.5) is 0 Å². The van der Waals surface area contributed by atoms with Gasteiger partial charge in [0.2, 0.25) is 0 Å². The molecule has 0 aliphatic heterocycles. The van der Waals surface area contributed by atoms with E-state index in [9.17, 15) is 0 Å².